The summed E-state index contributed by atoms with van der Waals surface area (Å²) in [5.41, 5.74) is 1.69. The Hall–Kier alpha value is -0.476. The summed E-state index contributed by atoms with van der Waals surface area (Å²) in [6.45, 7) is 6.34. The molecule has 83 valence electrons. The smallest absolute Gasteiger partial charge is 0.166 e. The van der Waals surface area contributed by atoms with Gasteiger partial charge in [-0.3, -0.25) is 0 Å². The van der Waals surface area contributed by atoms with Gasteiger partial charge in [0.25, 0.3) is 0 Å². The molecule has 2 aromatic heterocycles. The van der Waals surface area contributed by atoms with Crippen LogP contribution in [0.1, 0.15) is 26.5 Å². The zero-order chi connectivity index (χ0) is 10.2. The van der Waals surface area contributed by atoms with Gasteiger partial charge in [-0.15, -0.1) is 0 Å². The zero-order valence-corrected chi connectivity index (χ0v) is 12.9. The molecule has 0 aliphatic rings. The third-order valence-electron chi connectivity index (χ3n) is 2.02. The average Bonchev–Trinajstić information content (AvgIpc) is 2.15. The normalized spacial score (nSPS) is 10.4. The number of hydrogen-bond acceptors (Lipinski definition) is 4. The van der Waals surface area contributed by atoms with E-state index >= 15 is 0 Å². The maximum Gasteiger partial charge on any atom is 0.166 e. The third-order valence-corrected chi connectivity index (χ3v) is 2.02. The van der Waals surface area contributed by atoms with E-state index in [1.807, 2.05) is 0 Å². The summed E-state index contributed by atoms with van der Waals surface area (Å²) in [6.07, 6.45) is 4.82. The van der Waals surface area contributed by atoms with Gasteiger partial charge in [0, 0.05) is 44.3 Å². The van der Waals surface area contributed by atoms with Gasteiger partial charge < -0.3 is 7.43 Å². The van der Waals surface area contributed by atoms with Crippen LogP contribution in [0.5, 0.6) is 0 Å². The molecule has 0 unspecified atom stereocenters. The molecule has 2 aromatic rings. The van der Waals surface area contributed by atoms with Crippen LogP contribution in [0, 0.1) is 7.43 Å². The topological polar surface area (TPSA) is 51.6 Å². The fourth-order valence-electron chi connectivity index (χ4n) is 1.40. The summed E-state index contributed by atoms with van der Waals surface area (Å²) in [5.74, 6) is 0. The maximum absolute atomic E-state index is 4.29. The average molecular weight is 292 g/mol. The predicted molar refractivity (Wildman–Crippen MR) is 60.2 cm³/mol. The van der Waals surface area contributed by atoms with Crippen molar-refractivity contribution in [1.29, 1.82) is 0 Å². The van der Waals surface area contributed by atoms with Gasteiger partial charge in [-0.25, -0.2) is 19.9 Å². The van der Waals surface area contributed by atoms with Crippen molar-refractivity contribution >= 4 is 11.0 Å². The Labute approximate surface area is 121 Å². The molecule has 0 amide bonds. The van der Waals surface area contributed by atoms with Crippen LogP contribution in [0.3, 0.4) is 0 Å². The molecule has 0 bridgehead atoms. The first-order chi connectivity index (χ1) is 6.59. The van der Waals surface area contributed by atoms with Crippen molar-refractivity contribution in [1.82, 2.24) is 19.9 Å². The van der Waals surface area contributed by atoms with Crippen molar-refractivity contribution in [3.8, 4) is 0 Å². The zero-order valence-electron chi connectivity index (χ0n) is 10.1. The van der Waals surface area contributed by atoms with Crippen molar-refractivity contribution in [3.63, 3.8) is 0 Å². The van der Waals surface area contributed by atoms with E-state index < -0.39 is 0 Å². The van der Waals surface area contributed by atoms with Gasteiger partial charge in [0.15, 0.2) is 5.65 Å². The molecule has 0 N–H and O–H groups in total. The van der Waals surface area contributed by atoms with E-state index in [1.165, 1.54) is 6.33 Å². The SMILES string of the molecule is CC(C)(C)c1ncnc2ncncc12.[CH3-].[Y]. The minimum atomic E-state index is -0.00803. The van der Waals surface area contributed by atoms with Gasteiger partial charge in [-0.2, -0.15) is 0 Å². The second kappa shape index (κ2) is 5.73. The Bertz CT molecular complexity index is 459. The molecule has 16 heavy (non-hydrogen) atoms. The second-order valence-corrected chi connectivity index (χ2v) is 4.23. The first kappa shape index (κ1) is 15.5. The molecule has 0 saturated heterocycles. The Kier molecular flexibility index (Phi) is 5.56. The first-order valence-electron chi connectivity index (χ1n) is 4.50. The van der Waals surface area contributed by atoms with Gasteiger partial charge in [-0.05, 0) is 0 Å². The van der Waals surface area contributed by atoms with Crippen molar-refractivity contribution in [3.05, 3.63) is 32.0 Å². The molecule has 0 spiro atoms. The minimum Gasteiger partial charge on any atom is -0.358 e. The number of fused-ring (bicyclic) bond motifs is 1. The largest absolute Gasteiger partial charge is 0.358 e. The number of rotatable bonds is 0. The van der Waals surface area contributed by atoms with Gasteiger partial charge in [-0.1, -0.05) is 20.8 Å². The molecular formula is C11H15N4Y-. The monoisotopic (exact) mass is 292 g/mol. The second-order valence-electron chi connectivity index (χ2n) is 4.23. The quantitative estimate of drug-likeness (QED) is 0.698. The molecule has 5 heteroatoms. The number of nitrogens with zero attached hydrogens (tertiary/aromatic N) is 4. The van der Waals surface area contributed by atoms with Crippen LogP contribution in [-0.4, -0.2) is 19.9 Å². The standard InChI is InChI=1S/C10H12N4.CH3.Y/c1-10(2,3)8-7-4-11-5-13-9(7)14-6-12-8;;/h4-6H,1-3H3;1H3;/q;-1;. The Morgan fingerprint density at radius 1 is 1.00 bits per heavy atom. The van der Waals surface area contributed by atoms with Crippen LogP contribution in [-0.2, 0) is 38.1 Å². The summed E-state index contributed by atoms with van der Waals surface area (Å²) in [4.78, 5) is 16.5. The van der Waals surface area contributed by atoms with Crippen molar-refractivity contribution in [2.24, 2.45) is 0 Å². The third kappa shape index (κ3) is 3.02. The summed E-state index contributed by atoms with van der Waals surface area (Å²) >= 11 is 0. The first-order valence-corrected chi connectivity index (χ1v) is 4.50. The van der Waals surface area contributed by atoms with Gasteiger partial charge >= 0.3 is 0 Å². The minimum absolute atomic E-state index is 0. The molecule has 0 aromatic carbocycles. The Balaban J connectivity index is 0.00000112. The van der Waals surface area contributed by atoms with Crippen LogP contribution < -0.4 is 0 Å². The number of aromatic nitrogens is 4. The molecule has 4 nitrogen and oxygen atoms in total. The Morgan fingerprint density at radius 3 is 2.25 bits per heavy atom. The fraction of sp³-hybridized carbons (Fsp3) is 0.364. The van der Waals surface area contributed by atoms with Crippen LogP contribution >= 0.6 is 0 Å². The van der Waals surface area contributed by atoms with Gasteiger partial charge in [0.2, 0.25) is 0 Å². The molecule has 0 atom stereocenters. The number of hydrogen-bond donors (Lipinski definition) is 0. The van der Waals surface area contributed by atoms with E-state index in [0.29, 0.717) is 5.65 Å². The fourth-order valence-corrected chi connectivity index (χ4v) is 1.40. The summed E-state index contributed by atoms with van der Waals surface area (Å²) in [6, 6.07) is 0. The van der Waals surface area contributed by atoms with E-state index in [0.717, 1.165) is 11.1 Å². The van der Waals surface area contributed by atoms with E-state index in [1.54, 1.807) is 12.5 Å². The van der Waals surface area contributed by atoms with Crippen molar-refractivity contribution < 1.29 is 32.7 Å². The van der Waals surface area contributed by atoms with E-state index in [2.05, 4.69) is 40.7 Å². The predicted octanol–water partition coefficient (Wildman–Crippen LogP) is 2.17. The van der Waals surface area contributed by atoms with Gasteiger partial charge in [0.05, 0.1) is 11.1 Å². The summed E-state index contributed by atoms with van der Waals surface area (Å²) in [5, 5.41) is 0.933. The molecule has 0 saturated carbocycles. The molecule has 2 heterocycles. The summed E-state index contributed by atoms with van der Waals surface area (Å²) < 4.78 is 0. The van der Waals surface area contributed by atoms with Crippen LogP contribution in [0.4, 0.5) is 0 Å². The molecule has 0 aliphatic carbocycles. The molecule has 0 fully saturated rings. The van der Waals surface area contributed by atoms with E-state index in [9.17, 15) is 0 Å². The van der Waals surface area contributed by atoms with Crippen LogP contribution in [0.15, 0.2) is 18.9 Å². The van der Waals surface area contributed by atoms with Crippen LogP contribution in [0.25, 0.3) is 11.0 Å². The van der Waals surface area contributed by atoms with Gasteiger partial charge in [0.1, 0.15) is 12.7 Å². The maximum atomic E-state index is 4.29. The van der Waals surface area contributed by atoms with E-state index in [4.69, 9.17) is 0 Å². The molecule has 1 radical (unpaired) electrons. The van der Waals surface area contributed by atoms with E-state index in [-0.39, 0.29) is 45.6 Å². The Morgan fingerprint density at radius 2 is 1.62 bits per heavy atom. The molecule has 0 aliphatic heterocycles. The van der Waals surface area contributed by atoms with Crippen molar-refractivity contribution in [2.45, 2.75) is 26.2 Å². The summed E-state index contributed by atoms with van der Waals surface area (Å²) in [7, 11) is 0. The molecule has 2 rings (SSSR count). The van der Waals surface area contributed by atoms with Crippen LogP contribution in [0.2, 0.25) is 0 Å². The van der Waals surface area contributed by atoms with Crippen molar-refractivity contribution in [2.75, 3.05) is 0 Å². The molecular weight excluding hydrogens is 277 g/mol.